The van der Waals surface area contributed by atoms with Crippen molar-refractivity contribution < 1.29 is 33.7 Å². The van der Waals surface area contributed by atoms with E-state index in [1.54, 1.807) is 0 Å². The van der Waals surface area contributed by atoms with Crippen molar-refractivity contribution in [3.63, 3.8) is 0 Å². The minimum absolute atomic E-state index is 0.0712. The molecule has 5 rings (SSSR count). The highest BCUT2D eigenvalue weighted by atomic mass is 28.4. The highest BCUT2D eigenvalue weighted by Crippen LogP contribution is 2.79. The lowest BCUT2D eigenvalue weighted by Crippen LogP contribution is -2.66. The molecule has 5 atom stereocenters. The van der Waals surface area contributed by atoms with Crippen LogP contribution in [0.2, 0.25) is 16.6 Å². The topological polar surface area (TPSA) is 114 Å². The first-order valence-electron chi connectivity index (χ1n) is 18.7. The highest BCUT2D eigenvalue weighted by Gasteiger charge is 2.84. The van der Waals surface area contributed by atoms with Gasteiger partial charge in [0.2, 0.25) is 0 Å². The first-order chi connectivity index (χ1) is 23.5. The summed E-state index contributed by atoms with van der Waals surface area (Å²) in [7, 11) is -2.48. The third-order valence-corrected chi connectivity index (χ3v) is 19.0. The van der Waals surface area contributed by atoms with Crippen LogP contribution in [-0.4, -0.2) is 47.9 Å². The maximum atomic E-state index is 13.8. The molecule has 3 aliphatic rings. The number of fused-ring (bicyclic) bond motifs is 7. The number of carbonyl (C=O) groups excluding carboxylic acids is 2. The van der Waals surface area contributed by atoms with E-state index in [2.05, 4.69) is 67.3 Å². The molecule has 8 nitrogen and oxygen atoms in total. The predicted molar refractivity (Wildman–Crippen MR) is 205 cm³/mol. The number of aryl methyl sites for hydroxylation is 1. The molecule has 2 aromatic rings. The molecule has 0 heterocycles. The fraction of sp³-hybridized carbons (Fsp3) is 0.619. The molecule has 2 saturated carbocycles. The summed E-state index contributed by atoms with van der Waals surface area (Å²) >= 11 is 0. The highest BCUT2D eigenvalue weighted by molar-refractivity contribution is 6.78. The van der Waals surface area contributed by atoms with Crippen LogP contribution in [0.4, 0.5) is 10.5 Å². The van der Waals surface area contributed by atoms with Gasteiger partial charge in [0.15, 0.2) is 0 Å². The van der Waals surface area contributed by atoms with Crippen molar-refractivity contribution in [3.8, 4) is 5.75 Å². The average Bonchev–Trinajstić information content (AvgIpc) is 3.27. The standard InChI is InChI=1S/C42H61NO7Si/c1-25(2)51(26(3)4,27(5)6)50-36-29(17-16-20-32(36)43-37(45)49-38(8,9)10)21-22-35(44)48-34-23-33-39(11,12)40(34,13)41(46)24-28(7)30-18-14-15-19-31(30)42(33,41)47/h14-20,25-27,33-34,46-47H,7,21-24H2,1-6,8-13H3,(H,43,45)/t33-,34+,40+,41+,42-/m0/s1. The van der Waals surface area contributed by atoms with Crippen LogP contribution < -0.4 is 9.74 Å². The van der Waals surface area contributed by atoms with Gasteiger partial charge in [0.05, 0.1) is 5.69 Å². The number of ether oxygens (including phenoxy) is 2. The van der Waals surface area contributed by atoms with Gasteiger partial charge >= 0.3 is 12.1 Å². The second-order valence-corrected chi connectivity index (χ2v) is 23.4. The van der Waals surface area contributed by atoms with Crippen LogP contribution in [0.3, 0.4) is 0 Å². The number of anilines is 1. The number of para-hydroxylation sites is 1. The summed E-state index contributed by atoms with van der Waals surface area (Å²) in [6.45, 7) is 29.1. The van der Waals surface area contributed by atoms with E-state index in [9.17, 15) is 19.8 Å². The maximum absolute atomic E-state index is 13.8. The van der Waals surface area contributed by atoms with Gasteiger partial charge in [0.25, 0.3) is 8.32 Å². The Morgan fingerprint density at radius 1 is 0.961 bits per heavy atom. The van der Waals surface area contributed by atoms with Crippen molar-refractivity contribution in [3.05, 3.63) is 65.7 Å². The number of rotatable bonds is 10. The molecular formula is C42H61NO7Si. The summed E-state index contributed by atoms with van der Waals surface area (Å²) in [4.78, 5) is 26.8. The molecule has 0 aliphatic heterocycles. The molecule has 2 bridgehead atoms. The Morgan fingerprint density at radius 2 is 1.57 bits per heavy atom. The van der Waals surface area contributed by atoms with E-state index in [0.29, 0.717) is 29.8 Å². The predicted octanol–water partition coefficient (Wildman–Crippen LogP) is 9.53. The van der Waals surface area contributed by atoms with E-state index in [-0.39, 0.29) is 41.4 Å². The number of nitrogens with one attached hydrogen (secondary N) is 1. The first-order valence-corrected chi connectivity index (χ1v) is 20.9. The van der Waals surface area contributed by atoms with Gasteiger partial charge in [-0.3, -0.25) is 10.1 Å². The number of carbonyl (C=O) groups is 2. The molecule has 0 unspecified atom stereocenters. The van der Waals surface area contributed by atoms with E-state index in [0.717, 1.165) is 16.7 Å². The van der Waals surface area contributed by atoms with Crippen molar-refractivity contribution in [1.82, 2.24) is 0 Å². The molecule has 51 heavy (non-hydrogen) atoms. The van der Waals surface area contributed by atoms with Crippen LogP contribution in [0.15, 0.2) is 49.0 Å². The summed E-state index contributed by atoms with van der Waals surface area (Å²) in [5.41, 5.74) is -0.778. The Balaban J connectivity index is 1.43. The molecule has 3 N–H and O–H groups in total. The lowest BCUT2D eigenvalue weighted by atomic mass is 9.54. The van der Waals surface area contributed by atoms with Gasteiger partial charge in [-0.2, -0.15) is 0 Å². The van der Waals surface area contributed by atoms with E-state index in [1.807, 2.05) is 70.2 Å². The number of hydrogen-bond acceptors (Lipinski definition) is 7. The summed E-state index contributed by atoms with van der Waals surface area (Å²) in [6.07, 6.45) is -0.159. The lowest BCUT2D eigenvalue weighted by molar-refractivity contribution is -0.244. The van der Waals surface area contributed by atoms with Gasteiger partial charge in [-0.1, -0.05) is 105 Å². The quantitative estimate of drug-likeness (QED) is 0.166. The average molecular weight is 720 g/mol. The van der Waals surface area contributed by atoms with Crippen molar-refractivity contribution in [2.24, 2.45) is 16.7 Å². The van der Waals surface area contributed by atoms with Gasteiger partial charge in [-0.25, -0.2) is 4.79 Å². The smallest absolute Gasteiger partial charge is 0.412 e. The molecule has 0 radical (unpaired) electrons. The van der Waals surface area contributed by atoms with E-state index in [1.165, 1.54) is 0 Å². The SMILES string of the molecule is C=C1C[C@]2(O)[C@](O)(c3ccccc31)[C@H]1C[C@@H](OC(=O)CCc3cccc(NC(=O)OC(C)(C)C)c3O[Si](C(C)C)(C(C)C)C(C)C)[C@]2(C)C1(C)C. The molecule has 280 valence electrons. The molecule has 2 fully saturated rings. The van der Waals surface area contributed by atoms with Crippen molar-refractivity contribution >= 4 is 31.6 Å². The Hall–Kier alpha value is -3.14. The zero-order chi connectivity index (χ0) is 38.1. The van der Waals surface area contributed by atoms with Crippen LogP contribution >= 0.6 is 0 Å². The van der Waals surface area contributed by atoms with Crippen molar-refractivity contribution in [1.29, 1.82) is 0 Å². The lowest BCUT2D eigenvalue weighted by Gasteiger charge is -2.56. The van der Waals surface area contributed by atoms with Crippen molar-refractivity contribution in [2.75, 3.05) is 5.32 Å². The largest absolute Gasteiger partial charge is 0.541 e. The molecule has 9 heteroatoms. The van der Waals surface area contributed by atoms with Crippen LogP contribution in [0, 0.1) is 16.7 Å². The third kappa shape index (κ3) is 5.86. The molecule has 0 aromatic heterocycles. The van der Waals surface area contributed by atoms with Gasteiger partial charge in [0, 0.05) is 24.2 Å². The summed E-state index contributed by atoms with van der Waals surface area (Å²) in [6, 6.07) is 13.3. The molecule has 3 aliphatic carbocycles. The van der Waals surface area contributed by atoms with E-state index >= 15 is 0 Å². The fourth-order valence-corrected chi connectivity index (χ4v) is 15.8. The summed E-state index contributed by atoms with van der Waals surface area (Å²) in [5.74, 6) is -0.155. The Kier molecular flexibility index (Phi) is 10.0. The van der Waals surface area contributed by atoms with Gasteiger partial charge in [-0.05, 0) is 84.0 Å². The second kappa shape index (κ2) is 13.1. The minimum atomic E-state index is -2.48. The zero-order valence-electron chi connectivity index (χ0n) is 32.9. The Morgan fingerprint density at radius 3 is 2.16 bits per heavy atom. The minimum Gasteiger partial charge on any atom is -0.541 e. The van der Waals surface area contributed by atoms with E-state index < -0.39 is 48.1 Å². The van der Waals surface area contributed by atoms with E-state index in [4.69, 9.17) is 13.9 Å². The first kappa shape index (κ1) is 39.1. The second-order valence-electron chi connectivity index (χ2n) is 18.0. The van der Waals surface area contributed by atoms with Crippen LogP contribution in [0.25, 0.3) is 5.57 Å². The normalized spacial score (nSPS) is 28.1. The summed E-state index contributed by atoms with van der Waals surface area (Å²) in [5, 5.41) is 28.1. The number of hydrogen-bond donors (Lipinski definition) is 3. The van der Waals surface area contributed by atoms with Gasteiger partial charge in [0.1, 0.15) is 28.7 Å². The number of benzene rings is 2. The Bertz CT molecular complexity index is 1670. The van der Waals surface area contributed by atoms with Crippen LogP contribution in [0.1, 0.15) is 119 Å². The molecular weight excluding hydrogens is 659 g/mol. The third-order valence-electron chi connectivity index (χ3n) is 13.1. The molecule has 0 spiro atoms. The fourth-order valence-electron chi connectivity index (χ4n) is 10.5. The summed E-state index contributed by atoms with van der Waals surface area (Å²) < 4.78 is 19.1. The van der Waals surface area contributed by atoms with Crippen LogP contribution in [0.5, 0.6) is 5.75 Å². The maximum Gasteiger partial charge on any atom is 0.412 e. The number of esters is 1. The molecule has 2 aromatic carbocycles. The number of aliphatic hydroxyl groups is 2. The zero-order valence-corrected chi connectivity index (χ0v) is 33.9. The Labute approximate surface area is 306 Å². The van der Waals surface area contributed by atoms with Crippen LogP contribution in [-0.2, 0) is 26.3 Å². The molecule has 1 amide bonds. The van der Waals surface area contributed by atoms with Gasteiger partial charge in [-0.15, -0.1) is 0 Å². The van der Waals surface area contributed by atoms with Crippen molar-refractivity contribution in [2.45, 2.75) is 148 Å². The van der Waals surface area contributed by atoms with Gasteiger partial charge < -0.3 is 24.1 Å². The number of amides is 1. The molecule has 0 saturated heterocycles. The monoisotopic (exact) mass is 719 g/mol.